The molecule has 0 aromatic heterocycles. The van der Waals surface area contributed by atoms with Crippen molar-refractivity contribution in [1.82, 2.24) is 0 Å². The Hall–Kier alpha value is -0.0800. The summed E-state index contributed by atoms with van der Waals surface area (Å²) in [5.41, 5.74) is 0.386. The summed E-state index contributed by atoms with van der Waals surface area (Å²) in [7, 11) is 0. The summed E-state index contributed by atoms with van der Waals surface area (Å²) in [5, 5.41) is 10.1. The highest BCUT2D eigenvalue weighted by atomic mass is 16.5. The van der Waals surface area contributed by atoms with Crippen molar-refractivity contribution in [3.63, 3.8) is 0 Å². The Labute approximate surface area is 80.3 Å². The van der Waals surface area contributed by atoms with Gasteiger partial charge in [-0.2, -0.15) is 0 Å². The van der Waals surface area contributed by atoms with Gasteiger partial charge in [0, 0.05) is 12.5 Å². The minimum absolute atomic E-state index is 0.115. The lowest BCUT2D eigenvalue weighted by Gasteiger charge is -2.27. The molecule has 1 saturated carbocycles. The van der Waals surface area contributed by atoms with Crippen molar-refractivity contribution in [2.75, 3.05) is 13.2 Å². The number of hydrogen-bond donors (Lipinski definition) is 1. The van der Waals surface area contributed by atoms with E-state index in [-0.39, 0.29) is 6.10 Å². The van der Waals surface area contributed by atoms with E-state index in [4.69, 9.17) is 4.74 Å². The molecular weight excluding hydrogens is 164 g/mol. The smallest absolute Gasteiger partial charge is 0.0623 e. The van der Waals surface area contributed by atoms with Crippen LogP contribution in [0, 0.1) is 17.3 Å². The first kappa shape index (κ1) is 9.47. The molecule has 0 aromatic carbocycles. The van der Waals surface area contributed by atoms with E-state index in [0.717, 1.165) is 26.1 Å². The molecule has 1 N–H and O–H groups in total. The molecule has 1 heterocycles. The summed E-state index contributed by atoms with van der Waals surface area (Å²) in [4.78, 5) is 0. The fraction of sp³-hybridized carbons (Fsp3) is 1.00. The fourth-order valence-corrected chi connectivity index (χ4v) is 2.45. The highest BCUT2D eigenvalue weighted by Crippen LogP contribution is 2.55. The molecule has 0 bridgehead atoms. The van der Waals surface area contributed by atoms with Crippen LogP contribution >= 0.6 is 0 Å². The normalized spacial score (nSPS) is 39.9. The first-order valence-corrected chi connectivity index (χ1v) is 5.37. The number of hydrogen-bond acceptors (Lipinski definition) is 2. The minimum atomic E-state index is -0.115. The number of rotatable bonds is 2. The van der Waals surface area contributed by atoms with Crippen LogP contribution in [0.1, 0.15) is 33.1 Å². The zero-order valence-corrected chi connectivity index (χ0v) is 8.62. The van der Waals surface area contributed by atoms with E-state index >= 15 is 0 Å². The molecule has 2 fully saturated rings. The molecule has 1 saturated heterocycles. The number of ether oxygens (including phenoxy) is 1. The Kier molecular flexibility index (Phi) is 2.37. The van der Waals surface area contributed by atoms with Crippen LogP contribution in [0.5, 0.6) is 0 Å². The largest absolute Gasteiger partial charge is 0.392 e. The average molecular weight is 184 g/mol. The Bertz CT molecular complexity index is 183. The third-order valence-corrected chi connectivity index (χ3v) is 3.68. The van der Waals surface area contributed by atoms with Crippen molar-refractivity contribution in [3.8, 4) is 0 Å². The van der Waals surface area contributed by atoms with Gasteiger partial charge in [-0.15, -0.1) is 0 Å². The maximum Gasteiger partial charge on any atom is 0.0623 e. The summed E-state index contributed by atoms with van der Waals surface area (Å²) in [6.07, 6.45) is 3.34. The standard InChI is InChI=1S/C11H20O2/c1-11(2)6-9(11)10(12)8-4-3-5-13-7-8/h8-10,12H,3-7H2,1-2H3. The lowest BCUT2D eigenvalue weighted by molar-refractivity contribution is -0.0216. The molecule has 2 aliphatic rings. The molecule has 0 spiro atoms. The first-order valence-electron chi connectivity index (χ1n) is 5.37. The van der Waals surface area contributed by atoms with Gasteiger partial charge in [0.1, 0.15) is 0 Å². The molecule has 1 aliphatic carbocycles. The zero-order chi connectivity index (χ0) is 9.47. The van der Waals surface area contributed by atoms with Crippen LogP contribution in [0.15, 0.2) is 0 Å². The molecule has 1 aliphatic heterocycles. The molecule has 0 amide bonds. The maximum atomic E-state index is 10.1. The molecule has 2 heteroatoms. The number of aliphatic hydroxyl groups excluding tert-OH is 1. The second-order valence-corrected chi connectivity index (χ2v) is 5.27. The van der Waals surface area contributed by atoms with Gasteiger partial charge in [0.15, 0.2) is 0 Å². The molecule has 0 radical (unpaired) electrons. The fourth-order valence-electron chi connectivity index (χ4n) is 2.45. The van der Waals surface area contributed by atoms with Crippen molar-refractivity contribution >= 4 is 0 Å². The van der Waals surface area contributed by atoms with Gasteiger partial charge >= 0.3 is 0 Å². The Morgan fingerprint density at radius 1 is 1.46 bits per heavy atom. The summed E-state index contributed by atoms with van der Waals surface area (Å²) in [5.74, 6) is 0.930. The van der Waals surface area contributed by atoms with Gasteiger partial charge in [0.2, 0.25) is 0 Å². The zero-order valence-electron chi connectivity index (χ0n) is 8.62. The highest BCUT2D eigenvalue weighted by molar-refractivity contribution is 5.00. The van der Waals surface area contributed by atoms with E-state index in [1.807, 2.05) is 0 Å². The second-order valence-electron chi connectivity index (χ2n) is 5.27. The third kappa shape index (κ3) is 1.89. The van der Waals surface area contributed by atoms with Crippen LogP contribution in [0.3, 0.4) is 0 Å². The van der Waals surface area contributed by atoms with E-state index in [1.54, 1.807) is 0 Å². The summed E-state index contributed by atoms with van der Waals surface area (Å²) < 4.78 is 5.39. The van der Waals surface area contributed by atoms with E-state index in [0.29, 0.717) is 17.3 Å². The van der Waals surface area contributed by atoms with Crippen LogP contribution < -0.4 is 0 Å². The van der Waals surface area contributed by atoms with Gasteiger partial charge in [0.25, 0.3) is 0 Å². The summed E-state index contributed by atoms with van der Waals surface area (Å²) in [6.45, 7) is 6.14. The molecule has 13 heavy (non-hydrogen) atoms. The lowest BCUT2D eigenvalue weighted by Crippen LogP contribution is -2.31. The van der Waals surface area contributed by atoms with E-state index in [2.05, 4.69) is 13.8 Å². The van der Waals surface area contributed by atoms with Crippen molar-refractivity contribution in [1.29, 1.82) is 0 Å². The molecule has 3 unspecified atom stereocenters. The van der Waals surface area contributed by atoms with Gasteiger partial charge < -0.3 is 9.84 Å². The van der Waals surface area contributed by atoms with Crippen molar-refractivity contribution in [2.24, 2.45) is 17.3 Å². The first-order chi connectivity index (χ1) is 6.11. The minimum Gasteiger partial charge on any atom is -0.392 e. The summed E-state index contributed by atoms with van der Waals surface area (Å²) >= 11 is 0. The van der Waals surface area contributed by atoms with Gasteiger partial charge in [0.05, 0.1) is 12.7 Å². The molecule has 2 rings (SSSR count). The van der Waals surface area contributed by atoms with Crippen LogP contribution in [-0.2, 0) is 4.74 Å². The molecule has 2 nitrogen and oxygen atoms in total. The monoisotopic (exact) mass is 184 g/mol. The van der Waals surface area contributed by atoms with E-state index < -0.39 is 0 Å². The second kappa shape index (κ2) is 3.25. The van der Waals surface area contributed by atoms with E-state index in [1.165, 1.54) is 6.42 Å². The molecule has 0 aromatic rings. The molecular formula is C11H20O2. The van der Waals surface area contributed by atoms with E-state index in [9.17, 15) is 5.11 Å². The van der Waals surface area contributed by atoms with Crippen molar-refractivity contribution < 1.29 is 9.84 Å². The van der Waals surface area contributed by atoms with Crippen LogP contribution in [-0.4, -0.2) is 24.4 Å². The maximum absolute atomic E-state index is 10.1. The predicted octanol–water partition coefficient (Wildman–Crippen LogP) is 1.82. The topological polar surface area (TPSA) is 29.5 Å². The lowest BCUT2D eigenvalue weighted by atomic mass is 9.90. The van der Waals surface area contributed by atoms with Gasteiger partial charge in [-0.3, -0.25) is 0 Å². The average Bonchev–Trinajstić information content (AvgIpc) is 2.76. The highest BCUT2D eigenvalue weighted by Gasteiger charge is 2.51. The SMILES string of the molecule is CC1(C)CC1C(O)C1CCCOC1. The van der Waals surface area contributed by atoms with Crippen LogP contribution in [0.25, 0.3) is 0 Å². The van der Waals surface area contributed by atoms with Gasteiger partial charge in [-0.1, -0.05) is 13.8 Å². The van der Waals surface area contributed by atoms with Crippen molar-refractivity contribution in [2.45, 2.75) is 39.2 Å². The van der Waals surface area contributed by atoms with Gasteiger partial charge in [-0.25, -0.2) is 0 Å². The quantitative estimate of drug-likeness (QED) is 0.709. The third-order valence-electron chi connectivity index (χ3n) is 3.68. The summed E-state index contributed by atoms with van der Waals surface area (Å²) in [6, 6.07) is 0. The Morgan fingerprint density at radius 3 is 2.62 bits per heavy atom. The number of aliphatic hydroxyl groups is 1. The van der Waals surface area contributed by atoms with Crippen molar-refractivity contribution in [3.05, 3.63) is 0 Å². The predicted molar refractivity (Wildman–Crippen MR) is 51.4 cm³/mol. The Balaban J connectivity index is 1.86. The molecule has 76 valence electrons. The van der Waals surface area contributed by atoms with Gasteiger partial charge in [-0.05, 0) is 30.6 Å². The van der Waals surface area contributed by atoms with Crippen LogP contribution in [0.2, 0.25) is 0 Å². The molecule has 3 atom stereocenters. The van der Waals surface area contributed by atoms with Crippen LogP contribution in [0.4, 0.5) is 0 Å². The Morgan fingerprint density at radius 2 is 2.15 bits per heavy atom.